The molecule has 14 heavy (non-hydrogen) atoms. The molecule has 0 amide bonds. The van der Waals surface area contributed by atoms with E-state index < -0.39 is 0 Å². The highest BCUT2D eigenvalue weighted by Crippen LogP contribution is 2.56. The van der Waals surface area contributed by atoms with E-state index in [1.54, 1.807) is 0 Å². The molecule has 2 heteroatoms. The molecule has 2 bridgehead atoms. The van der Waals surface area contributed by atoms with Gasteiger partial charge in [0.15, 0.2) is 0 Å². The third-order valence-electron chi connectivity index (χ3n) is 3.96. The van der Waals surface area contributed by atoms with E-state index in [0.717, 1.165) is 22.8 Å². The van der Waals surface area contributed by atoms with Gasteiger partial charge in [0.2, 0.25) is 0 Å². The fourth-order valence-electron chi connectivity index (χ4n) is 3.40. The molecule has 3 rings (SSSR count). The summed E-state index contributed by atoms with van der Waals surface area (Å²) in [6.07, 6.45) is 10.6. The van der Waals surface area contributed by atoms with Gasteiger partial charge in [0.25, 0.3) is 0 Å². The fraction of sp³-hybridized carbons (Fsp3) is 0.500. The summed E-state index contributed by atoms with van der Waals surface area (Å²) < 4.78 is 0. The Hall–Kier alpha value is -0.200. The molecule has 0 aromatic carbocycles. The number of hydrogen-bond acceptors (Lipinski definition) is 0. The van der Waals surface area contributed by atoms with E-state index in [1.165, 1.54) is 12.0 Å². The van der Waals surface area contributed by atoms with Gasteiger partial charge in [-0.05, 0) is 30.1 Å². The molecule has 0 spiro atoms. The number of halogens is 2. The molecule has 0 aromatic heterocycles. The standard InChI is InChI=1S/C12H12Cl2/c13-6-11(14)10-4-3-9-7-1-2-8(5-7)12(9)10/h1-4,6-10,12H,5H2/t7?,8?,9-,10+,12?/m0/s1. The van der Waals surface area contributed by atoms with Crippen LogP contribution < -0.4 is 0 Å². The van der Waals surface area contributed by atoms with Crippen LogP contribution in [0.25, 0.3) is 0 Å². The van der Waals surface area contributed by atoms with Crippen molar-refractivity contribution in [2.45, 2.75) is 6.42 Å². The van der Waals surface area contributed by atoms with E-state index >= 15 is 0 Å². The molecule has 0 saturated heterocycles. The number of hydrogen-bond donors (Lipinski definition) is 0. The second-order valence-electron chi connectivity index (χ2n) is 4.51. The summed E-state index contributed by atoms with van der Waals surface area (Å²) in [4.78, 5) is 0. The zero-order chi connectivity index (χ0) is 9.71. The first kappa shape index (κ1) is 9.06. The molecule has 1 saturated carbocycles. The summed E-state index contributed by atoms with van der Waals surface area (Å²) in [6, 6.07) is 0. The van der Waals surface area contributed by atoms with Crippen molar-refractivity contribution in [1.82, 2.24) is 0 Å². The summed E-state index contributed by atoms with van der Waals surface area (Å²) in [5, 5.41) is 0.802. The Labute approximate surface area is 94.3 Å². The lowest BCUT2D eigenvalue weighted by Gasteiger charge is -2.25. The minimum absolute atomic E-state index is 0.374. The molecule has 0 heterocycles. The summed E-state index contributed by atoms with van der Waals surface area (Å²) in [7, 11) is 0. The van der Waals surface area contributed by atoms with Gasteiger partial charge in [-0.1, -0.05) is 47.5 Å². The van der Waals surface area contributed by atoms with E-state index in [1.807, 2.05) is 0 Å². The first-order chi connectivity index (χ1) is 6.81. The lowest BCUT2D eigenvalue weighted by Crippen LogP contribution is -2.20. The average molecular weight is 227 g/mol. The Kier molecular flexibility index (Phi) is 2.04. The van der Waals surface area contributed by atoms with Gasteiger partial charge in [0.05, 0.1) is 0 Å². The predicted molar refractivity (Wildman–Crippen MR) is 60.1 cm³/mol. The maximum Gasteiger partial charge on any atom is 0.0365 e. The molecular weight excluding hydrogens is 215 g/mol. The molecule has 3 aliphatic carbocycles. The summed E-state index contributed by atoms with van der Waals surface area (Å²) in [6.45, 7) is 0. The van der Waals surface area contributed by atoms with Gasteiger partial charge in [-0.25, -0.2) is 0 Å². The lowest BCUT2D eigenvalue weighted by molar-refractivity contribution is 0.344. The van der Waals surface area contributed by atoms with Crippen molar-refractivity contribution >= 4 is 23.2 Å². The van der Waals surface area contributed by atoms with Gasteiger partial charge in [-0.15, -0.1) is 0 Å². The van der Waals surface area contributed by atoms with E-state index in [9.17, 15) is 0 Å². The molecule has 0 nitrogen and oxygen atoms in total. The number of allylic oxidation sites excluding steroid dienone is 5. The second-order valence-corrected chi connectivity index (χ2v) is 5.16. The molecule has 0 radical (unpaired) electrons. The Morgan fingerprint density at radius 1 is 1.14 bits per heavy atom. The highest BCUT2D eigenvalue weighted by molar-refractivity contribution is 6.36. The second kappa shape index (κ2) is 3.15. The number of fused-ring (bicyclic) bond motifs is 5. The van der Waals surface area contributed by atoms with E-state index in [2.05, 4.69) is 24.3 Å². The van der Waals surface area contributed by atoms with Crippen molar-refractivity contribution < 1.29 is 0 Å². The van der Waals surface area contributed by atoms with Crippen molar-refractivity contribution in [1.29, 1.82) is 0 Å². The average Bonchev–Trinajstić information content (AvgIpc) is 2.87. The van der Waals surface area contributed by atoms with Gasteiger partial charge in [0.1, 0.15) is 0 Å². The van der Waals surface area contributed by atoms with E-state index in [-0.39, 0.29) is 0 Å². The summed E-state index contributed by atoms with van der Waals surface area (Å²) in [5.74, 6) is 3.29. The van der Waals surface area contributed by atoms with Gasteiger partial charge in [0, 0.05) is 16.5 Å². The van der Waals surface area contributed by atoms with E-state index in [4.69, 9.17) is 23.2 Å². The molecule has 0 aliphatic heterocycles. The maximum atomic E-state index is 6.13. The summed E-state index contributed by atoms with van der Waals surface area (Å²) in [5.41, 5.74) is 1.52. The van der Waals surface area contributed by atoms with Crippen LogP contribution in [0, 0.1) is 29.6 Å². The van der Waals surface area contributed by atoms with Crippen LogP contribution in [0.1, 0.15) is 6.42 Å². The molecular formula is C12H12Cl2. The minimum atomic E-state index is 0.374. The van der Waals surface area contributed by atoms with Crippen molar-refractivity contribution in [3.05, 3.63) is 34.9 Å². The van der Waals surface area contributed by atoms with Crippen LogP contribution in [0.15, 0.2) is 34.9 Å². The molecule has 3 unspecified atom stereocenters. The first-order valence-corrected chi connectivity index (χ1v) is 5.95. The number of rotatable bonds is 1. The quantitative estimate of drug-likeness (QED) is 0.595. The van der Waals surface area contributed by atoms with Gasteiger partial charge >= 0.3 is 0 Å². The Morgan fingerprint density at radius 3 is 2.71 bits per heavy atom. The van der Waals surface area contributed by atoms with Crippen molar-refractivity contribution in [2.24, 2.45) is 29.6 Å². The van der Waals surface area contributed by atoms with Crippen molar-refractivity contribution in [2.75, 3.05) is 0 Å². The van der Waals surface area contributed by atoms with Crippen LogP contribution in [-0.2, 0) is 0 Å². The van der Waals surface area contributed by atoms with Crippen LogP contribution in [0.5, 0.6) is 0 Å². The van der Waals surface area contributed by atoms with Crippen LogP contribution >= 0.6 is 23.2 Å². The minimum Gasteiger partial charge on any atom is -0.0917 e. The van der Waals surface area contributed by atoms with Crippen LogP contribution in [0.3, 0.4) is 0 Å². The monoisotopic (exact) mass is 226 g/mol. The molecule has 74 valence electrons. The fourth-order valence-corrected chi connectivity index (χ4v) is 3.76. The van der Waals surface area contributed by atoms with Gasteiger partial charge in [-0.3, -0.25) is 0 Å². The molecule has 0 N–H and O–H groups in total. The van der Waals surface area contributed by atoms with Crippen LogP contribution in [-0.4, -0.2) is 0 Å². The van der Waals surface area contributed by atoms with Crippen molar-refractivity contribution in [3.8, 4) is 0 Å². The third-order valence-corrected chi connectivity index (χ3v) is 4.67. The highest BCUT2D eigenvalue weighted by Gasteiger charge is 2.49. The third kappa shape index (κ3) is 1.07. The summed E-state index contributed by atoms with van der Waals surface area (Å²) >= 11 is 11.8. The van der Waals surface area contributed by atoms with Crippen molar-refractivity contribution in [3.63, 3.8) is 0 Å². The topological polar surface area (TPSA) is 0 Å². The maximum absolute atomic E-state index is 6.13. The lowest BCUT2D eigenvalue weighted by atomic mass is 9.80. The normalized spacial score (nSPS) is 49.0. The first-order valence-electron chi connectivity index (χ1n) is 5.13. The smallest absolute Gasteiger partial charge is 0.0365 e. The molecule has 1 fully saturated rings. The molecule has 3 aliphatic rings. The zero-order valence-corrected chi connectivity index (χ0v) is 9.25. The largest absolute Gasteiger partial charge is 0.0917 e. The van der Waals surface area contributed by atoms with Gasteiger partial charge in [-0.2, -0.15) is 0 Å². The van der Waals surface area contributed by atoms with Crippen LogP contribution in [0.4, 0.5) is 0 Å². The Balaban J connectivity index is 1.93. The van der Waals surface area contributed by atoms with E-state index in [0.29, 0.717) is 11.8 Å². The molecule has 0 aromatic rings. The van der Waals surface area contributed by atoms with Gasteiger partial charge < -0.3 is 0 Å². The zero-order valence-electron chi connectivity index (χ0n) is 7.74. The Bertz CT molecular complexity index is 340. The SMILES string of the molecule is ClC=C(Cl)[C@H]1C=C[C@H]2C3C=CC(C3)C21. The predicted octanol–water partition coefficient (Wildman–Crippen LogP) is 3.93. The molecule has 5 atom stereocenters. The highest BCUT2D eigenvalue weighted by atomic mass is 35.5. The van der Waals surface area contributed by atoms with Crippen LogP contribution in [0.2, 0.25) is 0 Å². The Morgan fingerprint density at radius 2 is 1.93 bits per heavy atom.